The van der Waals surface area contributed by atoms with Gasteiger partial charge in [-0.15, -0.1) is 0 Å². The van der Waals surface area contributed by atoms with Crippen LogP contribution < -0.4 is 10.6 Å². The molecule has 2 rings (SSSR count). The fraction of sp³-hybridized carbons (Fsp3) is 0.538. The number of carbonyl (C=O) groups is 1. The summed E-state index contributed by atoms with van der Waals surface area (Å²) >= 11 is 0. The van der Waals surface area contributed by atoms with E-state index in [1.807, 2.05) is 19.1 Å². The minimum atomic E-state index is -0.126. The zero-order chi connectivity index (χ0) is 12.8. The van der Waals surface area contributed by atoms with Gasteiger partial charge in [-0.05, 0) is 45.0 Å². The SMILES string of the molecule is Cc1ccc(NC(=O)COC2CCNCC2)cn1. The molecule has 0 aliphatic carbocycles. The first-order chi connectivity index (χ1) is 8.74. The summed E-state index contributed by atoms with van der Waals surface area (Å²) < 4.78 is 5.57. The van der Waals surface area contributed by atoms with E-state index in [0.29, 0.717) is 5.69 Å². The van der Waals surface area contributed by atoms with Gasteiger partial charge in [0, 0.05) is 5.69 Å². The Labute approximate surface area is 107 Å². The number of hydrogen-bond acceptors (Lipinski definition) is 4. The molecule has 1 saturated heterocycles. The minimum Gasteiger partial charge on any atom is -0.368 e. The van der Waals surface area contributed by atoms with Crippen molar-refractivity contribution in [1.29, 1.82) is 0 Å². The maximum absolute atomic E-state index is 11.7. The molecule has 0 atom stereocenters. The molecule has 0 aromatic carbocycles. The summed E-state index contributed by atoms with van der Waals surface area (Å²) in [5.41, 5.74) is 1.64. The van der Waals surface area contributed by atoms with Crippen LogP contribution in [0.5, 0.6) is 0 Å². The molecule has 1 aliphatic heterocycles. The third kappa shape index (κ3) is 4.09. The molecule has 0 bridgehead atoms. The second kappa shape index (κ2) is 6.47. The maximum Gasteiger partial charge on any atom is 0.250 e. The molecular formula is C13H19N3O2. The van der Waals surface area contributed by atoms with Crippen LogP contribution in [0.3, 0.4) is 0 Å². The molecule has 1 fully saturated rings. The fourth-order valence-electron chi connectivity index (χ4n) is 1.89. The maximum atomic E-state index is 11.7. The van der Waals surface area contributed by atoms with Crippen LogP contribution in [0.1, 0.15) is 18.5 Å². The quantitative estimate of drug-likeness (QED) is 0.838. The molecule has 5 heteroatoms. The van der Waals surface area contributed by atoms with Crippen LogP contribution in [0, 0.1) is 6.92 Å². The van der Waals surface area contributed by atoms with Crippen LogP contribution >= 0.6 is 0 Å². The van der Waals surface area contributed by atoms with Crippen LogP contribution in [0.4, 0.5) is 5.69 Å². The van der Waals surface area contributed by atoms with Gasteiger partial charge in [-0.3, -0.25) is 9.78 Å². The number of ether oxygens (including phenoxy) is 1. The number of pyridine rings is 1. The summed E-state index contributed by atoms with van der Waals surface area (Å²) in [5.74, 6) is -0.126. The topological polar surface area (TPSA) is 63.2 Å². The highest BCUT2D eigenvalue weighted by molar-refractivity contribution is 5.91. The van der Waals surface area contributed by atoms with Crippen molar-refractivity contribution in [3.05, 3.63) is 24.0 Å². The number of anilines is 1. The van der Waals surface area contributed by atoms with E-state index in [0.717, 1.165) is 31.6 Å². The second-order valence-corrected chi connectivity index (χ2v) is 4.50. The van der Waals surface area contributed by atoms with Crippen LogP contribution in [-0.4, -0.2) is 36.7 Å². The van der Waals surface area contributed by atoms with E-state index in [2.05, 4.69) is 15.6 Å². The number of nitrogens with one attached hydrogen (secondary N) is 2. The Hall–Kier alpha value is -1.46. The van der Waals surface area contributed by atoms with Gasteiger partial charge in [0.15, 0.2) is 0 Å². The van der Waals surface area contributed by atoms with Crippen molar-refractivity contribution < 1.29 is 9.53 Å². The standard InChI is InChI=1S/C13H19N3O2/c1-10-2-3-11(8-15-10)16-13(17)9-18-12-4-6-14-7-5-12/h2-3,8,12,14H,4-7,9H2,1H3,(H,16,17). The van der Waals surface area contributed by atoms with E-state index in [-0.39, 0.29) is 18.6 Å². The Morgan fingerprint density at radius 2 is 2.28 bits per heavy atom. The molecule has 0 unspecified atom stereocenters. The van der Waals surface area contributed by atoms with Crippen molar-refractivity contribution in [1.82, 2.24) is 10.3 Å². The van der Waals surface area contributed by atoms with E-state index in [4.69, 9.17) is 4.74 Å². The van der Waals surface area contributed by atoms with Crippen molar-refractivity contribution in [3.8, 4) is 0 Å². The zero-order valence-electron chi connectivity index (χ0n) is 10.6. The average molecular weight is 249 g/mol. The highest BCUT2D eigenvalue weighted by Gasteiger charge is 2.14. The van der Waals surface area contributed by atoms with E-state index in [1.54, 1.807) is 6.20 Å². The minimum absolute atomic E-state index is 0.110. The Morgan fingerprint density at radius 1 is 1.50 bits per heavy atom. The molecular weight excluding hydrogens is 230 g/mol. The third-order valence-corrected chi connectivity index (χ3v) is 2.93. The van der Waals surface area contributed by atoms with Crippen molar-refractivity contribution in [2.24, 2.45) is 0 Å². The lowest BCUT2D eigenvalue weighted by atomic mass is 10.1. The van der Waals surface area contributed by atoms with E-state index in [1.165, 1.54) is 0 Å². The Bertz CT molecular complexity index is 386. The molecule has 0 radical (unpaired) electrons. The van der Waals surface area contributed by atoms with Crippen LogP contribution in [0.25, 0.3) is 0 Å². The molecule has 2 N–H and O–H groups in total. The molecule has 0 spiro atoms. The largest absolute Gasteiger partial charge is 0.368 e. The first-order valence-electron chi connectivity index (χ1n) is 6.29. The van der Waals surface area contributed by atoms with Gasteiger partial charge in [-0.2, -0.15) is 0 Å². The highest BCUT2D eigenvalue weighted by atomic mass is 16.5. The van der Waals surface area contributed by atoms with E-state index < -0.39 is 0 Å². The first kappa shape index (κ1) is 13.0. The molecule has 1 amide bonds. The van der Waals surface area contributed by atoms with Gasteiger partial charge in [0.25, 0.3) is 0 Å². The summed E-state index contributed by atoms with van der Waals surface area (Å²) in [6, 6.07) is 3.70. The molecule has 5 nitrogen and oxygen atoms in total. The Morgan fingerprint density at radius 3 is 2.94 bits per heavy atom. The number of piperidine rings is 1. The van der Waals surface area contributed by atoms with Gasteiger partial charge in [-0.25, -0.2) is 0 Å². The van der Waals surface area contributed by atoms with E-state index >= 15 is 0 Å². The number of rotatable bonds is 4. The second-order valence-electron chi connectivity index (χ2n) is 4.50. The molecule has 1 aliphatic rings. The summed E-state index contributed by atoms with van der Waals surface area (Å²) in [4.78, 5) is 15.8. The zero-order valence-corrected chi connectivity index (χ0v) is 10.6. The number of hydrogen-bond donors (Lipinski definition) is 2. The normalized spacial score (nSPS) is 16.5. The molecule has 98 valence electrons. The van der Waals surface area contributed by atoms with Gasteiger partial charge in [0.05, 0.1) is 18.0 Å². The summed E-state index contributed by atoms with van der Waals surface area (Å²) in [6.07, 6.45) is 3.80. The van der Waals surface area contributed by atoms with Crippen molar-refractivity contribution in [2.75, 3.05) is 25.0 Å². The average Bonchev–Trinajstić information content (AvgIpc) is 2.40. The van der Waals surface area contributed by atoms with Crippen molar-refractivity contribution in [2.45, 2.75) is 25.9 Å². The van der Waals surface area contributed by atoms with Crippen LogP contribution in [0.15, 0.2) is 18.3 Å². The van der Waals surface area contributed by atoms with Gasteiger partial charge in [0.2, 0.25) is 5.91 Å². The predicted molar refractivity (Wildman–Crippen MR) is 69.4 cm³/mol. The summed E-state index contributed by atoms with van der Waals surface area (Å²) in [7, 11) is 0. The molecule has 18 heavy (non-hydrogen) atoms. The number of aryl methyl sites for hydroxylation is 1. The van der Waals surface area contributed by atoms with Gasteiger partial charge < -0.3 is 15.4 Å². The number of nitrogens with zero attached hydrogens (tertiary/aromatic N) is 1. The lowest BCUT2D eigenvalue weighted by Crippen LogP contribution is -2.34. The van der Waals surface area contributed by atoms with Gasteiger partial charge >= 0.3 is 0 Å². The monoisotopic (exact) mass is 249 g/mol. The van der Waals surface area contributed by atoms with Gasteiger partial charge in [0.1, 0.15) is 6.61 Å². The van der Waals surface area contributed by atoms with Crippen LogP contribution in [0.2, 0.25) is 0 Å². The first-order valence-corrected chi connectivity index (χ1v) is 6.29. The smallest absolute Gasteiger partial charge is 0.250 e. The fourth-order valence-corrected chi connectivity index (χ4v) is 1.89. The Kier molecular flexibility index (Phi) is 4.66. The molecule has 2 heterocycles. The summed E-state index contributed by atoms with van der Waals surface area (Å²) in [5, 5.41) is 6.03. The molecule has 1 aromatic heterocycles. The number of aromatic nitrogens is 1. The number of amides is 1. The highest BCUT2D eigenvalue weighted by Crippen LogP contribution is 2.08. The van der Waals surface area contributed by atoms with Crippen molar-refractivity contribution in [3.63, 3.8) is 0 Å². The number of carbonyl (C=O) groups excluding carboxylic acids is 1. The lowest BCUT2D eigenvalue weighted by Gasteiger charge is -2.22. The molecule has 1 aromatic rings. The third-order valence-electron chi connectivity index (χ3n) is 2.93. The molecule has 0 saturated carbocycles. The van der Waals surface area contributed by atoms with Gasteiger partial charge in [-0.1, -0.05) is 0 Å². The van der Waals surface area contributed by atoms with Crippen molar-refractivity contribution >= 4 is 11.6 Å². The Balaban J connectivity index is 1.73. The predicted octanol–water partition coefficient (Wildman–Crippen LogP) is 1.10. The summed E-state index contributed by atoms with van der Waals surface area (Å²) in [6.45, 7) is 3.95. The van der Waals surface area contributed by atoms with E-state index in [9.17, 15) is 4.79 Å². The van der Waals surface area contributed by atoms with Crippen LogP contribution in [-0.2, 0) is 9.53 Å². The lowest BCUT2D eigenvalue weighted by molar-refractivity contribution is -0.123.